The molecule has 64 valence electrons. The molecule has 0 aliphatic carbocycles. The molecule has 1 rings (SSSR count). The molecular formula is C6H5ClIN3O. The number of halogens is 2. The summed E-state index contributed by atoms with van der Waals surface area (Å²) in [5.41, 5.74) is 2.39. The molecule has 0 radical (unpaired) electrons. The normalized spacial score (nSPS) is 9.58. The van der Waals surface area contributed by atoms with Gasteiger partial charge in [0.15, 0.2) is 0 Å². The third-order valence-electron chi connectivity index (χ3n) is 1.18. The van der Waals surface area contributed by atoms with E-state index >= 15 is 0 Å². The van der Waals surface area contributed by atoms with Gasteiger partial charge in [-0.2, -0.15) is 0 Å². The zero-order valence-electron chi connectivity index (χ0n) is 5.84. The fraction of sp³-hybridized carbons (Fsp3) is 0. The van der Waals surface area contributed by atoms with E-state index in [0.717, 1.165) is 0 Å². The van der Waals surface area contributed by atoms with Crippen LogP contribution in [0.5, 0.6) is 0 Å². The number of nitrogens with one attached hydrogen (secondary N) is 1. The molecule has 0 saturated carbocycles. The number of hydrazine groups is 1. The molecule has 12 heavy (non-hydrogen) atoms. The van der Waals surface area contributed by atoms with Gasteiger partial charge in [0.2, 0.25) is 0 Å². The molecule has 0 fully saturated rings. The number of hydrogen-bond acceptors (Lipinski definition) is 3. The van der Waals surface area contributed by atoms with Crippen LogP contribution in [0.25, 0.3) is 0 Å². The second-order valence-electron chi connectivity index (χ2n) is 1.97. The van der Waals surface area contributed by atoms with Crippen molar-refractivity contribution in [3.8, 4) is 0 Å². The average Bonchev–Trinajstić information content (AvgIpc) is 2.08. The fourth-order valence-corrected chi connectivity index (χ4v) is 1.36. The summed E-state index contributed by atoms with van der Waals surface area (Å²) in [6.45, 7) is 0. The van der Waals surface area contributed by atoms with E-state index in [9.17, 15) is 4.79 Å². The number of nitrogen functional groups attached to an aromatic ring is 1. The van der Waals surface area contributed by atoms with Gasteiger partial charge in [0.25, 0.3) is 5.91 Å². The number of nitrogens with two attached hydrogens (primary N) is 1. The molecule has 1 aromatic rings. The van der Waals surface area contributed by atoms with Gasteiger partial charge in [0.05, 0.1) is 10.6 Å². The Morgan fingerprint density at radius 1 is 1.75 bits per heavy atom. The van der Waals surface area contributed by atoms with Gasteiger partial charge in [-0.15, -0.1) is 0 Å². The second kappa shape index (κ2) is 4.01. The highest BCUT2D eigenvalue weighted by Gasteiger charge is 2.09. The van der Waals surface area contributed by atoms with Crippen LogP contribution in [0.15, 0.2) is 12.3 Å². The monoisotopic (exact) mass is 297 g/mol. The van der Waals surface area contributed by atoms with E-state index < -0.39 is 5.91 Å². The zero-order valence-corrected chi connectivity index (χ0v) is 8.76. The van der Waals surface area contributed by atoms with E-state index in [4.69, 9.17) is 17.4 Å². The SMILES string of the molecule is NNC(=O)c1cc(Cl)cnc1I. The first-order valence-corrected chi connectivity index (χ1v) is 4.43. The summed E-state index contributed by atoms with van der Waals surface area (Å²) in [5, 5.41) is 0.411. The number of hydrogen-bond donors (Lipinski definition) is 2. The Hall–Kier alpha value is -0.400. The maximum Gasteiger partial charge on any atom is 0.267 e. The van der Waals surface area contributed by atoms with Crippen LogP contribution < -0.4 is 11.3 Å². The lowest BCUT2D eigenvalue weighted by Gasteiger charge is -2.01. The van der Waals surface area contributed by atoms with Crippen molar-refractivity contribution in [3.63, 3.8) is 0 Å². The van der Waals surface area contributed by atoms with Gasteiger partial charge in [0, 0.05) is 6.20 Å². The number of aromatic nitrogens is 1. The summed E-state index contributed by atoms with van der Waals surface area (Å²) >= 11 is 7.56. The maximum absolute atomic E-state index is 11.0. The topological polar surface area (TPSA) is 68.0 Å². The van der Waals surface area contributed by atoms with Crippen LogP contribution in [-0.4, -0.2) is 10.9 Å². The largest absolute Gasteiger partial charge is 0.290 e. The van der Waals surface area contributed by atoms with Gasteiger partial charge in [0.1, 0.15) is 3.70 Å². The van der Waals surface area contributed by atoms with Gasteiger partial charge in [-0.05, 0) is 28.7 Å². The van der Waals surface area contributed by atoms with Crippen molar-refractivity contribution in [2.24, 2.45) is 5.84 Å². The van der Waals surface area contributed by atoms with E-state index in [0.29, 0.717) is 14.3 Å². The van der Waals surface area contributed by atoms with Crippen LogP contribution in [-0.2, 0) is 0 Å². The predicted molar refractivity (Wildman–Crippen MR) is 53.6 cm³/mol. The van der Waals surface area contributed by atoms with Crippen LogP contribution in [0, 0.1) is 3.70 Å². The molecule has 3 N–H and O–H groups in total. The lowest BCUT2D eigenvalue weighted by Crippen LogP contribution is -2.30. The highest BCUT2D eigenvalue weighted by atomic mass is 127. The van der Waals surface area contributed by atoms with Crippen LogP contribution in [0.2, 0.25) is 5.02 Å². The molecule has 0 aromatic carbocycles. The summed E-state index contributed by atoms with van der Waals surface area (Å²) in [4.78, 5) is 14.9. The number of pyridine rings is 1. The van der Waals surface area contributed by atoms with Gasteiger partial charge >= 0.3 is 0 Å². The number of carbonyl (C=O) groups excluding carboxylic acids is 1. The molecule has 1 heterocycles. The molecule has 0 bridgehead atoms. The summed E-state index contributed by atoms with van der Waals surface area (Å²) in [6, 6.07) is 1.51. The van der Waals surface area contributed by atoms with Crippen molar-refractivity contribution in [3.05, 3.63) is 26.5 Å². The quantitative estimate of drug-likeness (QED) is 0.266. The molecule has 4 nitrogen and oxygen atoms in total. The summed E-state index contributed by atoms with van der Waals surface area (Å²) in [6.07, 6.45) is 1.47. The van der Waals surface area contributed by atoms with E-state index in [1.54, 1.807) is 0 Å². The first-order valence-electron chi connectivity index (χ1n) is 2.97. The standard InChI is InChI=1S/C6H5ClIN3O/c7-3-1-4(6(12)11-9)5(8)10-2-3/h1-2H,9H2,(H,11,12). The Kier molecular flexibility index (Phi) is 3.24. The molecule has 0 atom stereocenters. The van der Waals surface area contributed by atoms with Crippen molar-refractivity contribution in [2.75, 3.05) is 0 Å². The van der Waals surface area contributed by atoms with E-state index in [2.05, 4.69) is 4.98 Å². The lowest BCUT2D eigenvalue weighted by atomic mass is 10.3. The number of rotatable bonds is 1. The highest BCUT2D eigenvalue weighted by Crippen LogP contribution is 2.14. The van der Waals surface area contributed by atoms with Crippen molar-refractivity contribution in [1.29, 1.82) is 0 Å². The maximum atomic E-state index is 11.0. The van der Waals surface area contributed by atoms with Gasteiger partial charge in [-0.3, -0.25) is 10.2 Å². The first-order chi connectivity index (χ1) is 5.65. The number of carbonyl (C=O) groups is 1. The van der Waals surface area contributed by atoms with Gasteiger partial charge in [-0.1, -0.05) is 11.6 Å². The van der Waals surface area contributed by atoms with Crippen LogP contribution in [0.4, 0.5) is 0 Å². The second-order valence-corrected chi connectivity index (χ2v) is 3.42. The highest BCUT2D eigenvalue weighted by molar-refractivity contribution is 14.1. The molecule has 1 aromatic heterocycles. The molecule has 1 amide bonds. The summed E-state index contributed by atoms with van der Waals surface area (Å²) in [7, 11) is 0. The van der Waals surface area contributed by atoms with Crippen molar-refractivity contribution in [2.45, 2.75) is 0 Å². The number of nitrogens with zero attached hydrogens (tertiary/aromatic N) is 1. The van der Waals surface area contributed by atoms with Crippen LogP contribution in [0.1, 0.15) is 10.4 Å². The molecule has 0 spiro atoms. The summed E-state index contributed by atoms with van der Waals surface area (Å²) in [5.74, 6) is 4.56. The molecule has 0 aliphatic heterocycles. The molecular weight excluding hydrogens is 292 g/mol. The van der Waals surface area contributed by atoms with Crippen molar-refractivity contribution < 1.29 is 4.79 Å². The van der Waals surface area contributed by atoms with Crippen LogP contribution >= 0.6 is 34.2 Å². The van der Waals surface area contributed by atoms with Gasteiger partial charge in [-0.25, -0.2) is 10.8 Å². The molecule has 6 heteroatoms. The minimum Gasteiger partial charge on any atom is -0.290 e. The van der Waals surface area contributed by atoms with E-state index in [1.165, 1.54) is 12.3 Å². The van der Waals surface area contributed by atoms with Gasteiger partial charge < -0.3 is 0 Å². The number of amides is 1. The summed E-state index contributed by atoms with van der Waals surface area (Å²) < 4.78 is 0.569. The third kappa shape index (κ3) is 2.05. The van der Waals surface area contributed by atoms with Crippen molar-refractivity contribution >= 4 is 40.1 Å². The van der Waals surface area contributed by atoms with E-state index in [1.807, 2.05) is 28.0 Å². The molecule has 0 unspecified atom stereocenters. The zero-order chi connectivity index (χ0) is 9.14. The Morgan fingerprint density at radius 2 is 2.42 bits per heavy atom. The molecule has 0 saturated heterocycles. The Labute approximate surface area is 87.6 Å². The lowest BCUT2D eigenvalue weighted by molar-refractivity contribution is 0.0952. The molecule has 0 aliphatic rings. The minimum absolute atomic E-state index is 0.380. The average molecular weight is 297 g/mol. The fourth-order valence-electron chi connectivity index (χ4n) is 0.660. The smallest absolute Gasteiger partial charge is 0.267 e. The van der Waals surface area contributed by atoms with Crippen LogP contribution in [0.3, 0.4) is 0 Å². The predicted octanol–water partition coefficient (Wildman–Crippen LogP) is 0.943. The minimum atomic E-state index is -0.394. The van der Waals surface area contributed by atoms with E-state index in [-0.39, 0.29) is 0 Å². The Balaban J connectivity index is 3.13. The van der Waals surface area contributed by atoms with Crippen molar-refractivity contribution in [1.82, 2.24) is 10.4 Å². The Bertz CT molecular complexity index is 318. The first kappa shape index (κ1) is 9.69. The third-order valence-corrected chi connectivity index (χ3v) is 2.25. The Morgan fingerprint density at radius 3 is 3.00 bits per heavy atom.